The molecule has 1 atom stereocenters. The second-order valence-corrected chi connectivity index (χ2v) is 5.51. The van der Waals surface area contributed by atoms with Crippen molar-refractivity contribution in [2.45, 2.75) is 32.2 Å². The predicted molar refractivity (Wildman–Crippen MR) is 78.9 cm³/mol. The van der Waals surface area contributed by atoms with Gasteiger partial charge in [0.1, 0.15) is 23.6 Å². The first-order valence-corrected chi connectivity index (χ1v) is 7.26. The van der Waals surface area contributed by atoms with Crippen LogP contribution in [0.4, 0.5) is 4.39 Å². The van der Waals surface area contributed by atoms with Gasteiger partial charge in [0, 0.05) is 6.42 Å². The van der Waals surface area contributed by atoms with Gasteiger partial charge < -0.3 is 8.98 Å². The molecule has 0 aliphatic rings. The van der Waals surface area contributed by atoms with Crippen LogP contribution in [0.2, 0.25) is 0 Å². The van der Waals surface area contributed by atoms with Crippen LogP contribution in [0.1, 0.15) is 36.7 Å². The Morgan fingerprint density at radius 3 is 2.90 bits per heavy atom. The maximum Gasteiger partial charge on any atom is 0.214 e. The zero-order chi connectivity index (χ0) is 15.0. The Morgan fingerprint density at radius 2 is 2.24 bits per heavy atom. The molecule has 0 fully saturated rings. The number of fused-ring (bicyclic) bond motifs is 1. The van der Waals surface area contributed by atoms with Crippen molar-refractivity contribution in [3.8, 4) is 0 Å². The van der Waals surface area contributed by atoms with Crippen molar-refractivity contribution in [3.05, 3.63) is 47.7 Å². The van der Waals surface area contributed by atoms with Crippen LogP contribution in [-0.2, 0) is 13.0 Å². The van der Waals surface area contributed by atoms with Gasteiger partial charge in [-0.25, -0.2) is 14.4 Å². The number of oxazole rings is 1. The average Bonchev–Trinajstić information content (AvgIpc) is 3.05. The molecule has 1 aromatic carbocycles. The van der Waals surface area contributed by atoms with Crippen molar-refractivity contribution < 1.29 is 8.81 Å². The number of aromatic nitrogens is 3. The van der Waals surface area contributed by atoms with Gasteiger partial charge in [-0.2, -0.15) is 0 Å². The molecule has 6 heteroatoms. The molecular formula is C15H15ClFN3O. The highest BCUT2D eigenvalue weighted by Crippen LogP contribution is 2.26. The van der Waals surface area contributed by atoms with E-state index in [2.05, 4.69) is 9.97 Å². The SMILES string of the molecule is CCc1cnc(Cn2c(C(C)Cl)nc3c(F)cccc32)o1. The highest BCUT2D eigenvalue weighted by atomic mass is 35.5. The van der Waals surface area contributed by atoms with Crippen molar-refractivity contribution in [1.82, 2.24) is 14.5 Å². The second kappa shape index (κ2) is 5.48. The number of benzene rings is 1. The van der Waals surface area contributed by atoms with Gasteiger partial charge in [-0.3, -0.25) is 0 Å². The van der Waals surface area contributed by atoms with Crippen LogP contribution in [0.5, 0.6) is 0 Å². The molecule has 110 valence electrons. The fourth-order valence-corrected chi connectivity index (χ4v) is 2.49. The first kappa shape index (κ1) is 14.1. The van der Waals surface area contributed by atoms with E-state index in [-0.39, 0.29) is 11.2 Å². The summed E-state index contributed by atoms with van der Waals surface area (Å²) in [5.74, 6) is 1.63. The third-order valence-corrected chi connectivity index (χ3v) is 3.55. The second-order valence-electron chi connectivity index (χ2n) is 4.85. The summed E-state index contributed by atoms with van der Waals surface area (Å²) in [6.45, 7) is 4.19. The maximum atomic E-state index is 13.9. The van der Waals surface area contributed by atoms with Crippen LogP contribution in [-0.4, -0.2) is 14.5 Å². The van der Waals surface area contributed by atoms with Crippen molar-refractivity contribution in [2.24, 2.45) is 0 Å². The topological polar surface area (TPSA) is 43.9 Å². The smallest absolute Gasteiger partial charge is 0.214 e. The average molecular weight is 308 g/mol. The van der Waals surface area contributed by atoms with Gasteiger partial charge >= 0.3 is 0 Å². The van der Waals surface area contributed by atoms with E-state index in [9.17, 15) is 4.39 Å². The minimum absolute atomic E-state index is 0.322. The molecule has 0 saturated carbocycles. The molecule has 0 radical (unpaired) electrons. The number of para-hydroxylation sites is 1. The van der Waals surface area contributed by atoms with Crippen LogP contribution >= 0.6 is 11.6 Å². The summed E-state index contributed by atoms with van der Waals surface area (Å²) in [5.41, 5.74) is 1.01. The predicted octanol–water partition coefficient (Wildman–Crippen LogP) is 4.07. The van der Waals surface area contributed by atoms with Crippen molar-refractivity contribution in [1.29, 1.82) is 0 Å². The monoisotopic (exact) mass is 307 g/mol. The zero-order valence-electron chi connectivity index (χ0n) is 11.8. The van der Waals surface area contributed by atoms with E-state index in [0.717, 1.165) is 12.2 Å². The standard InChI is InChI=1S/C15H15ClFN3O/c1-3-10-7-18-13(21-10)8-20-12-6-4-5-11(17)14(12)19-15(20)9(2)16/h4-7,9H,3,8H2,1-2H3. The van der Waals surface area contributed by atoms with Gasteiger partial charge in [-0.05, 0) is 19.1 Å². The fourth-order valence-electron chi connectivity index (χ4n) is 2.32. The first-order valence-electron chi connectivity index (χ1n) is 6.82. The molecule has 3 aromatic rings. The summed E-state index contributed by atoms with van der Waals surface area (Å²) in [7, 11) is 0. The normalized spacial score (nSPS) is 13.0. The Bertz CT molecular complexity index is 778. The van der Waals surface area contributed by atoms with Crippen LogP contribution in [0, 0.1) is 5.82 Å². The summed E-state index contributed by atoms with van der Waals surface area (Å²) in [4.78, 5) is 8.56. The molecule has 2 aromatic heterocycles. The molecule has 1 unspecified atom stereocenters. The van der Waals surface area contributed by atoms with Gasteiger partial charge in [0.25, 0.3) is 0 Å². The molecule has 4 nitrogen and oxygen atoms in total. The van der Waals surface area contributed by atoms with Crippen LogP contribution < -0.4 is 0 Å². The van der Waals surface area contributed by atoms with Crippen LogP contribution in [0.15, 0.2) is 28.8 Å². The quantitative estimate of drug-likeness (QED) is 0.682. The third kappa shape index (κ3) is 2.53. The molecular weight excluding hydrogens is 293 g/mol. The van der Waals surface area contributed by atoms with Gasteiger partial charge in [0.15, 0.2) is 5.82 Å². The molecule has 0 spiro atoms. The van der Waals surface area contributed by atoms with E-state index in [1.165, 1.54) is 6.07 Å². The molecule has 0 aliphatic carbocycles. The summed E-state index contributed by atoms with van der Waals surface area (Å²) in [5, 5.41) is -0.336. The van der Waals surface area contributed by atoms with Gasteiger partial charge in [0.2, 0.25) is 5.89 Å². The molecule has 21 heavy (non-hydrogen) atoms. The van der Waals surface area contributed by atoms with E-state index >= 15 is 0 Å². The lowest BCUT2D eigenvalue weighted by atomic mass is 10.3. The fraction of sp³-hybridized carbons (Fsp3) is 0.333. The molecule has 0 bridgehead atoms. The van der Waals surface area contributed by atoms with Crippen molar-refractivity contribution in [3.63, 3.8) is 0 Å². The summed E-state index contributed by atoms with van der Waals surface area (Å²) in [6, 6.07) is 4.87. The first-order chi connectivity index (χ1) is 10.1. The van der Waals surface area contributed by atoms with Crippen molar-refractivity contribution >= 4 is 22.6 Å². The lowest BCUT2D eigenvalue weighted by Gasteiger charge is -2.08. The molecule has 0 amide bonds. The van der Waals surface area contributed by atoms with Crippen LogP contribution in [0.3, 0.4) is 0 Å². The minimum atomic E-state index is -0.355. The molecule has 0 aliphatic heterocycles. The maximum absolute atomic E-state index is 13.9. The van der Waals surface area contributed by atoms with E-state index in [4.69, 9.17) is 16.0 Å². The highest BCUT2D eigenvalue weighted by Gasteiger charge is 2.18. The summed E-state index contributed by atoms with van der Waals surface area (Å²) in [6.07, 6.45) is 2.49. The number of aryl methyl sites for hydroxylation is 1. The number of nitrogens with zero attached hydrogens (tertiary/aromatic N) is 3. The summed E-state index contributed by atoms with van der Waals surface area (Å²) >= 11 is 6.17. The number of alkyl halides is 1. The van der Waals surface area contributed by atoms with Gasteiger partial charge in [0.05, 0.1) is 17.1 Å². The number of halogens is 2. The molecule has 3 rings (SSSR count). The zero-order valence-corrected chi connectivity index (χ0v) is 12.6. The van der Waals surface area contributed by atoms with E-state index in [1.54, 1.807) is 12.3 Å². The number of rotatable bonds is 4. The molecule has 2 heterocycles. The Kier molecular flexibility index (Phi) is 3.68. The lowest BCUT2D eigenvalue weighted by Crippen LogP contribution is -2.06. The molecule has 0 saturated heterocycles. The highest BCUT2D eigenvalue weighted by molar-refractivity contribution is 6.20. The largest absolute Gasteiger partial charge is 0.444 e. The van der Waals surface area contributed by atoms with Gasteiger partial charge in [-0.15, -0.1) is 11.6 Å². The number of imidazole rings is 1. The minimum Gasteiger partial charge on any atom is -0.444 e. The van der Waals surface area contributed by atoms with E-state index in [1.807, 2.05) is 24.5 Å². The number of hydrogen-bond acceptors (Lipinski definition) is 3. The van der Waals surface area contributed by atoms with Gasteiger partial charge in [-0.1, -0.05) is 13.0 Å². The Labute approximate surface area is 126 Å². The number of hydrogen-bond donors (Lipinski definition) is 0. The van der Waals surface area contributed by atoms with Crippen molar-refractivity contribution in [2.75, 3.05) is 0 Å². The molecule has 0 N–H and O–H groups in total. The third-order valence-electron chi connectivity index (χ3n) is 3.36. The lowest BCUT2D eigenvalue weighted by molar-refractivity contribution is 0.445. The Hall–Kier alpha value is -1.88. The Morgan fingerprint density at radius 1 is 1.43 bits per heavy atom. The van der Waals surface area contributed by atoms with E-state index < -0.39 is 0 Å². The Balaban J connectivity index is 2.11. The van der Waals surface area contributed by atoms with E-state index in [0.29, 0.717) is 29.3 Å². The summed E-state index contributed by atoms with van der Waals surface area (Å²) < 4.78 is 21.4. The van der Waals surface area contributed by atoms with Crippen LogP contribution in [0.25, 0.3) is 11.0 Å².